The number of para-hydroxylation sites is 1. The van der Waals surface area contributed by atoms with Gasteiger partial charge in [-0.3, -0.25) is 4.90 Å². The molecule has 1 saturated heterocycles. The monoisotopic (exact) mass is 357 g/mol. The average Bonchev–Trinajstić information content (AvgIpc) is 2.99. The fourth-order valence-corrected chi connectivity index (χ4v) is 4.28. The van der Waals surface area contributed by atoms with Gasteiger partial charge in [0.2, 0.25) is 0 Å². The van der Waals surface area contributed by atoms with E-state index < -0.39 is 0 Å². The number of thioether (sulfide) groups is 1. The number of morpholine rings is 1. The van der Waals surface area contributed by atoms with Gasteiger partial charge >= 0.3 is 0 Å². The summed E-state index contributed by atoms with van der Waals surface area (Å²) >= 11 is 1.70. The van der Waals surface area contributed by atoms with E-state index in [1.807, 2.05) is 24.3 Å². The summed E-state index contributed by atoms with van der Waals surface area (Å²) < 4.78 is 11.9. The van der Waals surface area contributed by atoms with E-state index in [1.165, 1.54) is 0 Å². The van der Waals surface area contributed by atoms with Crippen LogP contribution in [-0.4, -0.2) is 53.0 Å². The molecule has 1 fully saturated rings. The molecule has 5 nitrogen and oxygen atoms in total. The molecule has 0 spiro atoms. The Kier molecular flexibility index (Phi) is 4.92. The smallest absolute Gasteiger partial charge is 0.186 e. The number of ether oxygens (including phenoxy) is 1. The molecule has 0 saturated carbocycles. The molecule has 4 rings (SSSR count). The number of aromatic nitrogens is 2. The molecule has 2 aromatic heterocycles. The van der Waals surface area contributed by atoms with E-state index >= 15 is 0 Å². The number of nitrogens with zero attached hydrogens (tertiary/aromatic N) is 3. The Morgan fingerprint density at radius 3 is 3.04 bits per heavy atom. The van der Waals surface area contributed by atoms with E-state index in [0.29, 0.717) is 5.92 Å². The third-order valence-corrected chi connectivity index (χ3v) is 5.48. The van der Waals surface area contributed by atoms with E-state index in [2.05, 4.69) is 28.7 Å². The minimum Gasteiger partial charge on any atom is -0.451 e. The topological polar surface area (TPSA) is 51.4 Å². The fourth-order valence-electron chi connectivity index (χ4n) is 3.34. The number of benzene rings is 1. The van der Waals surface area contributed by atoms with Crippen molar-refractivity contribution in [3.8, 4) is 0 Å². The van der Waals surface area contributed by atoms with Crippen molar-refractivity contribution in [1.82, 2.24) is 14.9 Å². The first-order chi connectivity index (χ1) is 12.2. The molecule has 0 amide bonds. The number of fused-ring (bicyclic) bond motifs is 3. The molecule has 132 valence electrons. The second-order valence-electron chi connectivity index (χ2n) is 6.91. The van der Waals surface area contributed by atoms with Gasteiger partial charge in [-0.05, 0) is 18.1 Å². The Labute approximate surface area is 151 Å². The van der Waals surface area contributed by atoms with Gasteiger partial charge in [0.15, 0.2) is 5.58 Å². The average molecular weight is 357 g/mol. The summed E-state index contributed by atoms with van der Waals surface area (Å²) in [5, 5.41) is 1.93. The largest absolute Gasteiger partial charge is 0.451 e. The van der Waals surface area contributed by atoms with Crippen molar-refractivity contribution in [2.45, 2.75) is 25.0 Å². The van der Waals surface area contributed by atoms with Gasteiger partial charge in [-0.2, -0.15) is 0 Å². The van der Waals surface area contributed by atoms with Crippen molar-refractivity contribution in [2.75, 3.05) is 32.0 Å². The first kappa shape index (κ1) is 16.8. The molecule has 0 radical (unpaired) electrons. The molecule has 25 heavy (non-hydrogen) atoms. The van der Waals surface area contributed by atoms with Crippen LogP contribution in [0.2, 0.25) is 0 Å². The van der Waals surface area contributed by atoms with Crippen LogP contribution in [0.15, 0.2) is 40.0 Å². The van der Waals surface area contributed by atoms with E-state index in [0.717, 1.165) is 59.1 Å². The Morgan fingerprint density at radius 2 is 2.16 bits per heavy atom. The Balaban J connectivity index is 1.49. The third-order valence-electron chi connectivity index (χ3n) is 4.38. The van der Waals surface area contributed by atoms with E-state index in [-0.39, 0.29) is 6.10 Å². The van der Waals surface area contributed by atoms with Crippen LogP contribution in [0.1, 0.15) is 13.8 Å². The van der Waals surface area contributed by atoms with Crippen molar-refractivity contribution in [3.63, 3.8) is 0 Å². The maximum absolute atomic E-state index is 6.00. The summed E-state index contributed by atoms with van der Waals surface area (Å²) in [4.78, 5) is 11.4. The lowest BCUT2D eigenvalue weighted by Gasteiger charge is -2.33. The van der Waals surface area contributed by atoms with Crippen LogP contribution in [0.25, 0.3) is 22.1 Å². The Hall–Kier alpha value is -1.63. The summed E-state index contributed by atoms with van der Waals surface area (Å²) in [6.07, 6.45) is 1.85. The molecule has 0 bridgehead atoms. The highest BCUT2D eigenvalue weighted by Gasteiger charge is 2.22. The molecule has 1 aliphatic rings. The molecule has 1 atom stereocenters. The van der Waals surface area contributed by atoms with Crippen molar-refractivity contribution < 1.29 is 9.15 Å². The van der Waals surface area contributed by atoms with Crippen LogP contribution < -0.4 is 0 Å². The summed E-state index contributed by atoms with van der Waals surface area (Å²) in [5.41, 5.74) is 2.53. The van der Waals surface area contributed by atoms with Crippen LogP contribution >= 0.6 is 11.8 Å². The molecule has 0 N–H and O–H groups in total. The zero-order valence-electron chi connectivity index (χ0n) is 14.6. The lowest BCUT2D eigenvalue weighted by Crippen LogP contribution is -2.44. The van der Waals surface area contributed by atoms with Gasteiger partial charge in [-0.15, -0.1) is 0 Å². The maximum atomic E-state index is 6.00. The second-order valence-corrected chi connectivity index (χ2v) is 7.92. The van der Waals surface area contributed by atoms with Crippen LogP contribution in [0.3, 0.4) is 0 Å². The zero-order chi connectivity index (χ0) is 17.2. The van der Waals surface area contributed by atoms with Gasteiger partial charge in [0, 0.05) is 30.8 Å². The van der Waals surface area contributed by atoms with E-state index in [4.69, 9.17) is 9.15 Å². The Morgan fingerprint density at radius 1 is 1.28 bits per heavy atom. The van der Waals surface area contributed by atoms with Gasteiger partial charge in [-0.25, -0.2) is 9.97 Å². The fraction of sp³-hybridized carbons (Fsp3) is 0.474. The molecule has 6 heteroatoms. The summed E-state index contributed by atoms with van der Waals surface area (Å²) in [6, 6.07) is 7.99. The lowest BCUT2D eigenvalue weighted by atomic mass is 10.2. The van der Waals surface area contributed by atoms with Crippen LogP contribution in [0.5, 0.6) is 0 Å². The van der Waals surface area contributed by atoms with E-state index in [9.17, 15) is 0 Å². The van der Waals surface area contributed by atoms with Gasteiger partial charge in [-0.1, -0.05) is 37.7 Å². The van der Waals surface area contributed by atoms with Crippen LogP contribution in [-0.2, 0) is 4.74 Å². The highest BCUT2D eigenvalue weighted by atomic mass is 32.2. The number of hydrogen-bond donors (Lipinski definition) is 0. The highest BCUT2D eigenvalue weighted by molar-refractivity contribution is 7.99. The molecular weight excluding hydrogens is 334 g/mol. The molecule has 1 aliphatic heterocycles. The number of rotatable bonds is 5. The lowest BCUT2D eigenvalue weighted by molar-refractivity contribution is -0.0191. The van der Waals surface area contributed by atoms with Crippen molar-refractivity contribution >= 4 is 33.8 Å². The minimum atomic E-state index is 0.229. The van der Waals surface area contributed by atoms with Crippen LogP contribution in [0.4, 0.5) is 0 Å². The number of furan rings is 1. The number of hydrogen-bond acceptors (Lipinski definition) is 6. The SMILES string of the molecule is CC(C)CN1CCO[C@H](CSc2ncnc3c2oc2ccccc23)C1. The standard InChI is InChI=1S/C19H23N3O2S/c1-13(2)9-22-7-8-23-14(10-22)11-25-19-18-17(20-12-21-19)15-5-3-4-6-16(15)24-18/h3-6,12-14H,7-11H2,1-2H3/t14-/m0/s1. The Bertz CT molecular complexity index is 864. The molecule has 3 heterocycles. The van der Waals surface area contributed by atoms with Gasteiger partial charge < -0.3 is 9.15 Å². The normalized spacial score (nSPS) is 19.2. The first-order valence-electron chi connectivity index (χ1n) is 8.79. The molecule has 3 aromatic rings. The van der Waals surface area contributed by atoms with Crippen molar-refractivity contribution in [1.29, 1.82) is 0 Å². The van der Waals surface area contributed by atoms with Gasteiger partial charge in [0.05, 0.1) is 12.7 Å². The van der Waals surface area contributed by atoms with Gasteiger partial charge in [0.1, 0.15) is 22.5 Å². The first-order valence-corrected chi connectivity index (χ1v) is 9.78. The summed E-state index contributed by atoms with van der Waals surface area (Å²) in [5.74, 6) is 1.56. The third kappa shape index (κ3) is 3.66. The van der Waals surface area contributed by atoms with Crippen molar-refractivity contribution in [3.05, 3.63) is 30.6 Å². The minimum absolute atomic E-state index is 0.229. The van der Waals surface area contributed by atoms with Crippen LogP contribution in [0, 0.1) is 5.92 Å². The molecule has 0 unspecified atom stereocenters. The summed E-state index contributed by atoms with van der Waals surface area (Å²) in [7, 11) is 0. The molecule has 1 aromatic carbocycles. The van der Waals surface area contributed by atoms with E-state index in [1.54, 1.807) is 18.1 Å². The highest BCUT2D eigenvalue weighted by Crippen LogP contribution is 2.32. The predicted octanol–water partition coefficient (Wildman–Crippen LogP) is 3.82. The maximum Gasteiger partial charge on any atom is 0.186 e. The quantitative estimate of drug-likeness (QED) is 0.511. The second kappa shape index (κ2) is 7.32. The summed E-state index contributed by atoms with van der Waals surface area (Å²) in [6.45, 7) is 8.48. The molecular formula is C19H23N3O2S. The van der Waals surface area contributed by atoms with Crippen molar-refractivity contribution in [2.24, 2.45) is 5.92 Å². The predicted molar refractivity (Wildman–Crippen MR) is 101 cm³/mol. The molecule has 0 aliphatic carbocycles. The zero-order valence-corrected chi connectivity index (χ0v) is 15.5. The van der Waals surface area contributed by atoms with Gasteiger partial charge in [0.25, 0.3) is 0 Å².